The van der Waals surface area contributed by atoms with Crippen LogP contribution in [0.4, 0.5) is 5.69 Å². The second-order valence-corrected chi connectivity index (χ2v) is 7.83. The fourth-order valence-electron chi connectivity index (χ4n) is 4.68. The Morgan fingerprint density at radius 2 is 1.67 bits per heavy atom. The molecule has 144 valence electrons. The van der Waals surface area contributed by atoms with Crippen LogP contribution in [0.1, 0.15) is 42.5 Å². The van der Waals surface area contributed by atoms with E-state index < -0.39 is 17.4 Å². The van der Waals surface area contributed by atoms with Crippen LogP contribution >= 0.6 is 0 Å². The zero-order chi connectivity index (χ0) is 19.0. The van der Waals surface area contributed by atoms with Crippen LogP contribution < -0.4 is 10.2 Å². The Balaban J connectivity index is 1.41. The van der Waals surface area contributed by atoms with Gasteiger partial charge < -0.3 is 20.2 Å². The lowest BCUT2D eigenvalue weighted by molar-refractivity contribution is -0.144. The van der Waals surface area contributed by atoms with Crippen LogP contribution in [0.5, 0.6) is 0 Å². The van der Waals surface area contributed by atoms with Gasteiger partial charge in [0.15, 0.2) is 0 Å². The van der Waals surface area contributed by atoms with Gasteiger partial charge in [0.2, 0.25) is 5.91 Å². The third-order valence-corrected chi connectivity index (χ3v) is 6.27. The molecule has 0 radical (unpaired) electrons. The molecule has 27 heavy (non-hydrogen) atoms. The lowest BCUT2D eigenvalue weighted by Crippen LogP contribution is -2.56. The van der Waals surface area contributed by atoms with Gasteiger partial charge in [-0.25, -0.2) is 0 Å². The van der Waals surface area contributed by atoms with Crippen LogP contribution in [0.2, 0.25) is 0 Å². The number of benzene rings is 1. The molecular weight excluding hydrogens is 346 g/mol. The summed E-state index contributed by atoms with van der Waals surface area (Å²) in [5, 5.41) is 12.3. The monoisotopic (exact) mass is 371 g/mol. The third-order valence-electron chi connectivity index (χ3n) is 6.27. The number of anilines is 1. The molecule has 1 atom stereocenters. The molecule has 3 heterocycles. The number of rotatable bonds is 3. The topological polar surface area (TPSA) is 90.0 Å². The first-order valence-electron chi connectivity index (χ1n) is 9.67. The van der Waals surface area contributed by atoms with Gasteiger partial charge in [0.05, 0.1) is 11.5 Å². The minimum absolute atomic E-state index is 0.0290. The Bertz CT molecular complexity index is 747. The molecule has 3 fully saturated rings. The van der Waals surface area contributed by atoms with Gasteiger partial charge in [0.25, 0.3) is 5.91 Å². The summed E-state index contributed by atoms with van der Waals surface area (Å²) in [6.07, 6.45) is 3.41. The SMILES string of the molecule is O=C1CC(C(=O)O)C2(CCN(C(=O)c3ccc(N4CCCC4)cc3)CC2)N1. The summed E-state index contributed by atoms with van der Waals surface area (Å²) in [6.45, 7) is 3.05. The van der Waals surface area contributed by atoms with Crippen molar-refractivity contribution in [3.05, 3.63) is 29.8 Å². The smallest absolute Gasteiger partial charge is 0.309 e. The maximum atomic E-state index is 12.8. The van der Waals surface area contributed by atoms with Crippen LogP contribution in [0.3, 0.4) is 0 Å². The van der Waals surface area contributed by atoms with Gasteiger partial charge in [-0.1, -0.05) is 0 Å². The number of carboxylic acids is 1. The number of nitrogens with zero attached hydrogens (tertiary/aromatic N) is 2. The maximum Gasteiger partial charge on any atom is 0.309 e. The Morgan fingerprint density at radius 1 is 1.04 bits per heavy atom. The Hall–Kier alpha value is -2.57. The lowest BCUT2D eigenvalue weighted by atomic mass is 9.77. The summed E-state index contributed by atoms with van der Waals surface area (Å²) in [7, 11) is 0. The van der Waals surface area contributed by atoms with Crippen LogP contribution in [0.15, 0.2) is 24.3 Å². The van der Waals surface area contributed by atoms with Crippen molar-refractivity contribution in [2.24, 2.45) is 5.92 Å². The molecule has 7 nitrogen and oxygen atoms in total. The number of carbonyl (C=O) groups excluding carboxylic acids is 2. The minimum Gasteiger partial charge on any atom is -0.481 e. The van der Waals surface area contributed by atoms with Crippen molar-refractivity contribution in [3.8, 4) is 0 Å². The molecule has 0 saturated carbocycles. The molecule has 3 aliphatic heterocycles. The zero-order valence-electron chi connectivity index (χ0n) is 15.3. The molecule has 3 saturated heterocycles. The number of piperidine rings is 1. The molecule has 0 bridgehead atoms. The van der Waals surface area contributed by atoms with Crippen LogP contribution in [-0.4, -0.2) is 59.5 Å². The van der Waals surface area contributed by atoms with E-state index in [-0.39, 0.29) is 18.2 Å². The second kappa shape index (κ2) is 6.87. The van der Waals surface area contributed by atoms with Gasteiger partial charge in [-0.05, 0) is 49.9 Å². The standard InChI is InChI=1S/C20H25N3O4/c24-17-13-16(19(26)27)20(21-17)7-11-23(12-8-20)18(25)14-3-5-15(6-4-14)22-9-1-2-10-22/h3-6,16H,1-2,7-13H2,(H,21,24)(H,26,27). The highest BCUT2D eigenvalue weighted by Crippen LogP contribution is 2.37. The first-order valence-corrected chi connectivity index (χ1v) is 9.67. The first-order chi connectivity index (χ1) is 13.0. The Kier molecular flexibility index (Phi) is 4.53. The highest BCUT2D eigenvalue weighted by atomic mass is 16.4. The molecule has 1 unspecified atom stereocenters. The number of carboxylic acid groups (broad SMARTS) is 1. The number of nitrogens with one attached hydrogen (secondary N) is 1. The minimum atomic E-state index is -0.939. The molecule has 0 aliphatic carbocycles. The molecular formula is C20H25N3O4. The van der Waals surface area contributed by atoms with Crippen molar-refractivity contribution in [1.29, 1.82) is 0 Å². The number of aliphatic carboxylic acids is 1. The summed E-state index contributed by atoms with van der Waals surface area (Å²) in [5.41, 5.74) is 1.10. The number of amides is 2. The lowest BCUT2D eigenvalue weighted by Gasteiger charge is -2.41. The number of carbonyl (C=O) groups is 3. The summed E-state index contributed by atoms with van der Waals surface area (Å²) < 4.78 is 0. The fraction of sp³-hybridized carbons (Fsp3) is 0.550. The predicted octanol–water partition coefficient (Wildman–Crippen LogP) is 1.48. The van der Waals surface area contributed by atoms with E-state index >= 15 is 0 Å². The largest absolute Gasteiger partial charge is 0.481 e. The van der Waals surface area contributed by atoms with Crippen LogP contribution in [-0.2, 0) is 9.59 Å². The van der Waals surface area contributed by atoms with Gasteiger partial charge >= 0.3 is 5.97 Å². The summed E-state index contributed by atoms with van der Waals surface area (Å²) in [4.78, 5) is 40.2. The first kappa shape index (κ1) is 17.8. The number of hydrogen-bond acceptors (Lipinski definition) is 4. The molecule has 1 aromatic rings. The quantitative estimate of drug-likeness (QED) is 0.840. The molecule has 3 aliphatic rings. The van der Waals surface area contributed by atoms with Crippen molar-refractivity contribution in [1.82, 2.24) is 10.2 Å². The summed E-state index contributed by atoms with van der Waals surface area (Å²) >= 11 is 0. The van der Waals surface area contributed by atoms with Gasteiger partial charge in [0, 0.05) is 43.9 Å². The van der Waals surface area contributed by atoms with Crippen LogP contribution in [0, 0.1) is 5.92 Å². The normalized spacial score (nSPS) is 24.3. The number of likely N-dealkylation sites (tertiary alicyclic amines) is 1. The average molecular weight is 371 g/mol. The van der Waals surface area contributed by atoms with E-state index in [4.69, 9.17) is 0 Å². The molecule has 1 aromatic carbocycles. The maximum absolute atomic E-state index is 12.8. The highest BCUT2D eigenvalue weighted by Gasteiger charge is 2.52. The van der Waals surface area contributed by atoms with Gasteiger partial charge in [0.1, 0.15) is 0 Å². The van der Waals surface area contributed by atoms with Gasteiger partial charge in [-0.3, -0.25) is 14.4 Å². The van der Waals surface area contributed by atoms with E-state index in [2.05, 4.69) is 10.2 Å². The van der Waals surface area contributed by atoms with E-state index in [9.17, 15) is 19.5 Å². The molecule has 1 spiro atoms. The second-order valence-electron chi connectivity index (χ2n) is 7.83. The van der Waals surface area contributed by atoms with E-state index in [0.29, 0.717) is 31.5 Å². The van der Waals surface area contributed by atoms with Crippen molar-refractivity contribution in [2.75, 3.05) is 31.1 Å². The van der Waals surface area contributed by atoms with E-state index in [1.54, 1.807) is 4.90 Å². The predicted molar refractivity (Wildman–Crippen MR) is 99.6 cm³/mol. The Morgan fingerprint density at radius 3 is 2.26 bits per heavy atom. The van der Waals surface area contributed by atoms with Crippen molar-refractivity contribution >= 4 is 23.5 Å². The fourth-order valence-corrected chi connectivity index (χ4v) is 4.68. The van der Waals surface area contributed by atoms with Crippen molar-refractivity contribution in [3.63, 3.8) is 0 Å². The van der Waals surface area contributed by atoms with E-state index in [1.165, 1.54) is 12.8 Å². The number of hydrogen-bond donors (Lipinski definition) is 2. The van der Waals surface area contributed by atoms with Gasteiger partial charge in [-0.15, -0.1) is 0 Å². The summed E-state index contributed by atoms with van der Waals surface area (Å²) in [5.74, 6) is -1.89. The van der Waals surface area contributed by atoms with Crippen LogP contribution in [0.25, 0.3) is 0 Å². The van der Waals surface area contributed by atoms with E-state index in [0.717, 1.165) is 18.8 Å². The zero-order valence-corrected chi connectivity index (χ0v) is 15.3. The molecule has 7 heteroatoms. The molecule has 2 N–H and O–H groups in total. The van der Waals surface area contributed by atoms with E-state index in [1.807, 2.05) is 24.3 Å². The average Bonchev–Trinajstić information content (AvgIpc) is 3.30. The van der Waals surface area contributed by atoms with Gasteiger partial charge in [-0.2, -0.15) is 0 Å². The van der Waals surface area contributed by atoms with Crippen molar-refractivity contribution in [2.45, 2.75) is 37.6 Å². The molecule has 2 amide bonds. The summed E-state index contributed by atoms with van der Waals surface area (Å²) in [6, 6.07) is 7.75. The highest BCUT2D eigenvalue weighted by molar-refractivity contribution is 5.95. The molecule has 4 rings (SSSR count). The van der Waals surface area contributed by atoms with Crippen molar-refractivity contribution < 1.29 is 19.5 Å². The Labute approximate surface area is 158 Å². The third kappa shape index (κ3) is 3.26. The molecule has 0 aromatic heterocycles.